The summed E-state index contributed by atoms with van der Waals surface area (Å²) in [4.78, 5) is 2.29. The molecule has 0 aliphatic carbocycles. The van der Waals surface area contributed by atoms with E-state index in [-0.39, 0.29) is 12.6 Å². The molecule has 1 saturated heterocycles. The molecular formula is C14H21ClN2O. The molecule has 2 rings (SSSR count). The molecule has 1 aromatic carbocycles. The van der Waals surface area contributed by atoms with E-state index in [1.54, 1.807) is 0 Å². The van der Waals surface area contributed by atoms with Gasteiger partial charge in [-0.25, -0.2) is 0 Å². The quantitative estimate of drug-likeness (QED) is 0.879. The molecule has 0 spiro atoms. The van der Waals surface area contributed by atoms with Crippen molar-refractivity contribution < 1.29 is 5.11 Å². The minimum atomic E-state index is 0.201. The first-order valence-corrected chi connectivity index (χ1v) is 6.85. The van der Waals surface area contributed by atoms with Crippen LogP contribution in [-0.2, 0) is 6.54 Å². The van der Waals surface area contributed by atoms with Gasteiger partial charge in [-0.05, 0) is 37.1 Å². The van der Waals surface area contributed by atoms with Crippen molar-refractivity contribution >= 4 is 17.3 Å². The lowest BCUT2D eigenvalue weighted by Crippen LogP contribution is -2.36. The third-order valence-corrected chi connectivity index (χ3v) is 4.03. The molecule has 4 heteroatoms. The molecule has 2 atom stereocenters. The molecule has 2 unspecified atom stereocenters. The van der Waals surface area contributed by atoms with Crippen LogP contribution in [0, 0.1) is 5.92 Å². The van der Waals surface area contributed by atoms with E-state index in [0.29, 0.717) is 5.92 Å². The molecule has 2 N–H and O–H groups in total. The van der Waals surface area contributed by atoms with E-state index in [4.69, 9.17) is 11.6 Å². The summed E-state index contributed by atoms with van der Waals surface area (Å²) in [6, 6.07) is 6.20. The highest BCUT2D eigenvalue weighted by Crippen LogP contribution is 2.33. The second kappa shape index (κ2) is 5.91. The number of hydrogen-bond acceptors (Lipinski definition) is 3. The first-order valence-electron chi connectivity index (χ1n) is 6.48. The number of benzene rings is 1. The second-order valence-electron chi connectivity index (χ2n) is 5.01. The number of anilines is 1. The summed E-state index contributed by atoms with van der Waals surface area (Å²) in [6.45, 7) is 4.20. The summed E-state index contributed by atoms with van der Waals surface area (Å²) in [5.74, 6) is 0.524. The van der Waals surface area contributed by atoms with Crippen LogP contribution >= 0.6 is 11.6 Å². The van der Waals surface area contributed by atoms with E-state index in [1.807, 2.05) is 19.2 Å². The van der Waals surface area contributed by atoms with Gasteiger partial charge in [-0.3, -0.25) is 0 Å². The van der Waals surface area contributed by atoms with Crippen molar-refractivity contribution in [3.05, 3.63) is 28.8 Å². The highest BCUT2D eigenvalue weighted by Gasteiger charge is 2.31. The van der Waals surface area contributed by atoms with Crippen molar-refractivity contribution in [3.63, 3.8) is 0 Å². The summed E-state index contributed by atoms with van der Waals surface area (Å²) < 4.78 is 0. The van der Waals surface area contributed by atoms with Crippen LogP contribution in [0.3, 0.4) is 0 Å². The Balaban J connectivity index is 2.33. The summed E-state index contributed by atoms with van der Waals surface area (Å²) in [6.07, 6.45) is 1.12. The lowest BCUT2D eigenvalue weighted by Gasteiger charge is -2.29. The predicted molar refractivity (Wildman–Crippen MR) is 76.2 cm³/mol. The molecule has 0 amide bonds. The Morgan fingerprint density at radius 3 is 2.94 bits per heavy atom. The zero-order valence-corrected chi connectivity index (χ0v) is 11.7. The Morgan fingerprint density at radius 1 is 1.50 bits per heavy atom. The standard InChI is InChI=1S/C14H21ClN2O/c1-10-5-6-17(14(10)9-18)13-7-12(15)4-3-11(13)8-16-2/h3-4,7,10,14,16,18H,5-6,8-9H2,1-2H3. The van der Waals surface area contributed by atoms with Crippen molar-refractivity contribution in [1.29, 1.82) is 0 Å². The number of nitrogens with one attached hydrogen (secondary N) is 1. The average Bonchev–Trinajstić information content (AvgIpc) is 2.73. The third-order valence-electron chi connectivity index (χ3n) is 3.79. The van der Waals surface area contributed by atoms with Gasteiger partial charge in [-0.1, -0.05) is 24.6 Å². The van der Waals surface area contributed by atoms with Crippen LogP contribution in [0.4, 0.5) is 5.69 Å². The highest BCUT2D eigenvalue weighted by atomic mass is 35.5. The van der Waals surface area contributed by atoms with Gasteiger partial charge >= 0.3 is 0 Å². The Labute approximate surface area is 114 Å². The fourth-order valence-electron chi connectivity index (χ4n) is 2.73. The normalized spacial score (nSPS) is 23.7. The van der Waals surface area contributed by atoms with Crippen LogP contribution in [-0.4, -0.2) is 31.3 Å². The molecule has 100 valence electrons. The number of rotatable bonds is 4. The number of hydrogen-bond donors (Lipinski definition) is 2. The van der Waals surface area contributed by atoms with Gasteiger partial charge in [-0.15, -0.1) is 0 Å². The Bertz CT molecular complexity index is 411. The van der Waals surface area contributed by atoms with Crippen molar-refractivity contribution in [3.8, 4) is 0 Å². The van der Waals surface area contributed by atoms with Crippen LogP contribution < -0.4 is 10.2 Å². The molecule has 3 nitrogen and oxygen atoms in total. The van der Waals surface area contributed by atoms with Crippen LogP contribution in [0.1, 0.15) is 18.9 Å². The first-order chi connectivity index (χ1) is 8.67. The van der Waals surface area contributed by atoms with Crippen molar-refractivity contribution in [2.24, 2.45) is 5.92 Å². The van der Waals surface area contributed by atoms with Crippen molar-refractivity contribution in [1.82, 2.24) is 5.32 Å². The van der Waals surface area contributed by atoms with Crippen LogP contribution in [0.5, 0.6) is 0 Å². The van der Waals surface area contributed by atoms with Crippen molar-refractivity contribution in [2.75, 3.05) is 25.1 Å². The molecule has 1 aliphatic heterocycles. The minimum absolute atomic E-state index is 0.201. The predicted octanol–water partition coefficient (Wildman–Crippen LogP) is 2.27. The van der Waals surface area contributed by atoms with Gasteiger partial charge in [0.25, 0.3) is 0 Å². The molecule has 0 saturated carbocycles. The Kier molecular flexibility index (Phi) is 4.49. The summed E-state index contributed by atoms with van der Waals surface area (Å²) in [5.41, 5.74) is 2.38. The van der Waals surface area contributed by atoms with Crippen molar-refractivity contribution in [2.45, 2.75) is 25.9 Å². The molecule has 1 heterocycles. The van der Waals surface area contributed by atoms with E-state index in [2.05, 4.69) is 23.2 Å². The summed E-state index contributed by atoms with van der Waals surface area (Å²) in [7, 11) is 1.94. The van der Waals surface area contributed by atoms with Crippen LogP contribution in [0.15, 0.2) is 18.2 Å². The van der Waals surface area contributed by atoms with E-state index in [0.717, 1.165) is 30.2 Å². The van der Waals surface area contributed by atoms with Crippen LogP contribution in [0.25, 0.3) is 0 Å². The highest BCUT2D eigenvalue weighted by molar-refractivity contribution is 6.30. The third kappa shape index (κ3) is 2.63. The maximum Gasteiger partial charge on any atom is 0.0637 e. The van der Waals surface area contributed by atoms with E-state index in [9.17, 15) is 5.11 Å². The lowest BCUT2D eigenvalue weighted by molar-refractivity contribution is 0.244. The van der Waals surface area contributed by atoms with Gasteiger partial charge in [0.1, 0.15) is 0 Å². The van der Waals surface area contributed by atoms with Gasteiger partial charge in [0.15, 0.2) is 0 Å². The molecule has 1 aromatic rings. The summed E-state index contributed by atoms with van der Waals surface area (Å²) >= 11 is 6.11. The van der Waals surface area contributed by atoms with E-state index < -0.39 is 0 Å². The molecule has 0 radical (unpaired) electrons. The summed E-state index contributed by atoms with van der Waals surface area (Å²) in [5, 5.41) is 13.5. The number of nitrogens with zero attached hydrogens (tertiary/aromatic N) is 1. The smallest absolute Gasteiger partial charge is 0.0637 e. The fourth-order valence-corrected chi connectivity index (χ4v) is 2.90. The molecule has 1 aliphatic rings. The molecule has 1 fully saturated rings. The van der Waals surface area contributed by atoms with Gasteiger partial charge in [-0.2, -0.15) is 0 Å². The van der Waals surface area contributed by atoms with E-state index >= 15 is 0 Å². The fraction of sp³-hybridized carbons (Fsp3) is 0.571. The van der Waals surface area contributed by atoms with Gasteiger partial charge in [0.05, 0.1) is 12.6 Å². The molecule has 0 aromatic heterocycles. The lowest BCUT2D eigenvalue weighted by atomic mass is 10.0. The monoisotopic (exact) mass is 268 g/mol. The zero-order valence-electron chi connectivity index (χ0n) is 11.0. The molecule has 18 heavy (non-hydrogen) atoms. The van der Waals surface area contributed by atoms with Gasteiger partial charge in [0, 0.05) is 23.8 Å². The van der Waals surface area contributed by atoms with E-state index in [1.165, 1.54) is 5.56 Å². The minimum Gasteiger partial charge on any atom is -0.394 e. The number of aliphatic hydroxyl groups excluding tert-OH is 1. The molecule has 0 bridgehead atoms. The Morgan fingerprint density at radius 2 is 2.28 bits per heavy atom. The first kappa shape index (κ1) is 13.7. The maximum atomic E-state index is 9.57. The maximum absolute atomic E-state index is 9.57. The topological polar surface area (TPSA) is 35.5 Å². The van der Waals surface area contributed by atoms with Crippen LogP contribution in [0.2, 0.25) is 5.02 Å². The average molecular weight is 269 g/mol. The number of aliphatic hydroxyl groups is 1. The van der Waals surface area contributed by atoms with Gasteiger partial charge in [0.2, 0.25) is 0 Å². The molecular weight excluding hydrogens is 248 g/mol. The van der Waals surface area contributed by atoms with Gasteiger partial charge < -0.3 is 15.3 Å². The largest absolute Gasteiger partial charge is 0.394 e. The SMILES string of the molecule is CNCc1ccc(Cl)cc1N1CCC(C)C1CO. The number of halogens is 1. The second-order valence-corrected chi connectivity index (χ2v) is 5.45. The zero-order chi connectivity index (χ0) is 13.1. The Hall–Kier alpha value is -0.770.